The number of anilines is 4. The van der Waals surface area contributed by atoms with Crippen molar-refractivity contribution in [2.24, 2.45) is 0 Å². The van der Waals surface area contributed by atoms with Crippen molar-refractivity contribution >= 4 is 40.3 Å². The predicted molar refractivity (Wildman–Crippen MR) is 126 cm³/mol. The normalized spacial score (nSPS) is 14.1. The number of halogens is 4. The van der Waals surface area contributed by atoms with Crippen LogP contribution < -0.4 is 19.9 Å². The van der Waals surface area contributed by atoms with Gasteiger partial charge in [0.05, 0.1) is 22.6 Å². The Bertz CT molecular complexity index is 1220. The zero-order valence-electron chi connectivity index (χ0n) is 18.4. The Morgan fingerprint density at radius 2 is 1.71 bits per heavy atom. The van der Waals surface area contributed by atoms with Gasteiger partial charge >= 0.3 is 11.9 Å². The molecule has 2 heterocycles. The van der Waals surface area contributed by atoms with Crippen LogP contribution in [0.15, 0.2) is 48.8 Å². The summed E-state index contributed by atoms with van der Waals surface area (Å²) in [4.78, 5) is 23.2. The fourth-order valence-electron chi connectivity index (χ4n) is 3.79. The summed E-state index contributed by atoms with van der Waals surface area (Å²) in [6, 6.07) is 10.7. The lowest BCUT2D eigenvalue weighted by Crippen LogP contribution is -2.47. The van der Waals surface area contributed by atoms with Crippen LogP contribution in [0.5, 0.6) is 5.75 Å². The average Bonchev–Trinajstić information content (AvgIpc) is 2.84. The highest BCUT2D eigenvalue weighted by molar-refractivity contribution is 6.31. The van der Waals surface area contributed by atoms with Crippen LogP contribution in [0.3, 0.4) is 0 Å². The van der Waals surface area contributed by atoms with Gasteiger partial charge in [0.2, 0.25) is 11.6 Å². The molecule has 1 fully saturated rings. The van der Waals surface area contributed by atoms with Crippen molar-refractivity contribution in [3.8, 4) is 5.75 Å². The minimum absolute atomic E-state index is 0.0428. The Balaban J connectivity index is 1.56. The monoisotopic (exact) mass is 508 g/mol. The van der Waals surface area contributed by atoms with Gasteiger partial charge in [0.25, 0.3) is 0 Å². The number of nitrogens with one attached hydrogen (secondary N) is 1. The molecule has 13 heteroatoms. The molecule has 184 valence electrons. The van der Waals surface area contributed by atoms with E-state index in [1.807, 2.05) is 24.3 Å². The van der Waals surface area contributed by atoms with Crippen LogP contribution in [0.1, 0.15) is 5.56 Å². The van der Waals surface area contributed by atoms with Gasteiger partial charge in [0.1, 0.15) is 12.1 Å². The quantitative estimate of drug-likeness (QED) is 0.361. The molecule has 0 radical (unpaired) electrons. The number of hydrogen-bond acceptors (Lipinski definition) is 8. The number of piperazine rings is 1. The lowest BCUT2D eigenvalue weighted by Gasteiger charge is -2.36. The molecule has 1 aliphatic rings. The smallest absolute Gasteiger partial charge is 0.417 e. The molecule has 1 saturated heterocycles. The zero-order chi connectivity index (χ0) is 25.2. The van der Waals surface area contributed by atoms with Crippen LogP contribution in [-0.2, 0) is 6.18 Å². The van der Waals surface area contributed by atoms with E-state index >= 15 is 0 Å². The topological polar surface area (TPSA) is 96.7 Å². The van der Waals surface area contributed by atoms with Gasteiger partial charge < -0.3 is 19.9 Å². The molecule has 0 saturated carbocycles. The maximum absolute atomic E-state index is 13.2. The number of ether oxygens (including phenoxy) is 1. The molecular formula is C22H20ClF3N6O3. The van der Waals surface area contributed by atoms with Crippen molar-refractivity contribution < 1.29 is 22.8 Å². The van der Waals surface area contributed by atoms with Gasteiger partial charge in [-0.3, -0.25) is 10.1 Å². The standard InChI is InChI=1S/C22H20ClF3N6O3/c1-35-16-5-3-15(4-6-16)30-8-10-31(11-9-30)21-19(32(33)34)20(27-13-28-21)29-14-2-7-18(23)17(12-14)22(24,25)26/h2-7,12-13H,8-11H2,1H3,(H,27,28,29). The summed E-state index contributed by atoms with van der Waals surface area (Å²) in [6.07, 6.45) is -3.54. The molecule has 1 N–H and O–H groups in total. The number of nitrogens with zero attached hydrogens (tertiary/aromatic N) is 5. The van der Waals surface area contributed by atoms with Crippen molar-refractivity contribution in [2.75, 3.05) is 48.4 Å². The number of hydrogen-bond donors (Lipinski definition) is 1. The summed E-state index contributed by atoms with van der Waals surface area (Å²) >= 11 is 5.66. The molecular weight excluding hydrogens is 489 g/mol. The maximum atomic E-state index is 13.2. The van der Waals surface area contributed by atoms with E-state index in [2.05, 4.69) is 20.2 Å². The van der Waals surface area contributed by atoms with Crippen LogP contribution in [-0.4, -0.2) is 48.2 Å². The summed E-state index contributed by atoms with van der Waals surface area (Å²) in [5.41, 5.74) is -0.531. The number of aromatic nitrogens is 2. The molecule has 0 amide bonds. The van der Waals surface area contributed by atoms with Crippen LogP contribution in [0.4, 0.5) is 41.9 Å². The third kappa shape index (κ3) is 5.32. The van der Waals surface area contributed by atoms with Crippen LogP contribution in [0.2, 0.25) is 5.02 Å². The Hall–Kier alpha value is -3.80. The van der Waals surface area contributed by atoms with Crippen molar-refractivity contribution in [3.63, 3.8) is 0 Å². The van der Waals surface area contributed by atoms with Gasteiger partial charge in [0, 0.05) is 37.6 Å². The summed E-state index contributed by atoms with van der Waals surface area (Å²) in [5, 5.41) is 14.1. The van der Waals surface area contributed by atoms with Gasteiger partial charge in [-0.1, -0.05) is 11.6 Å². The zero-order valence-corrected chi connectivity index (χ0v) is 19.2. The fourth-order valence-corrected chi connectivity index (χ4v) is 4.01. The van der Waals surface area contributed by atoms with Crippen molar-refractivity contribution in [3.05, 3.63) is 69.5 Å². The van der Waals surface area contributed by atoms with E-state index in [9.17, 15) is 23.3 Å². The number of rotatable bonds is 6. The molecule has 3 aromatic rings. The van der Waals surface area contributed by atoms with Crippen molar-refractivity contribution in [1.82, 2.24) is 9.97 Å². The van der Waals surface area contributed by atoms with Gasteiger partial charge in [-0.05, 0) is 42.5 Å². The van der Waals surface area contributed by atoms with E-state index in [0.717, 1.165) is 29.9 Å². The van der Waals surface area contributed by atoms with E-state index in [4.69, 9.17) is 16.3 Å². The molecule has 2 aromatic carbocycles. The molecule has 0 unspecified atom stereocenters. The highest BCUT2D eigenvalue weighted by atomic mass is 35.5. The van der Waals surface area contributed by atoms with E-state index in [1.165, 1.54) is 6.07 Å². The van der Waals surface area contributed by atoms with E-state index in [0.29, 0.717) is 26.2 Å². The van der Waals surface area contributed by atoms with Gasteiger partial charge in [-0.25, -0.2) is 9.97 Å². The summed E-state index contributed by atoms with van der Waals surface area (Å²) in [7, 11) is 1.59. The molecule has 1 aliphatic heterocycles. The SMILES string of the molecule is COc1ccc(N2CCN(c3ncnc(Nc4ccc(Cl)c(C(F)(F)F)c4)c3[N+](=O)[O-])CC2)cc1. The first-order valence-corrected chi connectivity index (χ1v) is 10.8. The minimum atomic E-state index is -4.68. The Morgan fingerprint density at radius 3 is 2.31 bits per heavy atom. The van der Waals surface area contributed by atoms with Crippen LogP contribution in [0, 0.1) is 10.1 Å². The number of nitro groups is 1. The number of methoxy groups -OCH3 is 1. The van der Waals surface area contributed by atoms with Gasteiger partial charge in [-0.15, -0.1) is 0 Å². The summed E-state index contributed by atoms with van der Waals surface area (Å²) < 4.78 is 44.8. The second-order valence-electron chi connectivity index (χ2n) is 7.64. The van der Waals surface area contributed by atoms with E-state index in [1.54, 1.807) is 12.0 Å². The third-order valence-corrected chi connectivity index (χ3v) is 5.87. The molecule has 35 heavy (non-hydrogen) atoms. The first kappa shape index (κ1) is 24.3. The number of benzene rings is 2. The fraction of sp³-hybridized carbons (Fsp3) is 0.273. The van der Waals surface area contributed by atoms with Crippen molar-refractivity contribution in [1.29, 1.82) is 0 Å². The van der Waals surface area contributed by atoms with E-state index < -0.39 is 27.4 Å². The first-order chi connectivity index (χ1) is 16.7. The highest BCUT2D eigenvalue weighted by Gasteiger charge is 2.34. The third-order valence-electron chi connectivity index (χ3n) is 5.54. The van der Waals surface area contributed by atoms with Crippen LogP contribution >= 0.6 is 11.6 Å². The van der Waals surface area contributed by atoms with Crippen molar-refractivity contribution in [2.45, 2.75) is 6.18 Å². The lowest BCUT2D eigenvalue weighted by atomic mass is 10.2. The van der Waals surface area contributed by atoms with Gasteiger partial charge in [-0.2, -0.15) is 13.2 Å². The Labute approximate surface area is 203 Å². The summed E-state index contributed by atoms with van der Waals surface area (Å²) in [6.45, 7) is 2.07. The molecule has 9 nitrogen and oxygen atoms in total. The minimum Gasteiger partial charge on any atom is -0.497 e. The Morgan fingerprint density at radius 1 is 1.06 bits per heavy atom. The maximum Gasteiger partial charge on any atom is 0.417 e. The molecule has 0 bridgehead atoms. The Kier molecular flexibility index (Phi) is 6.83. The molecule has 0 spiro atoms. The predicted octanol–water partition coefficient (Wildman–Crippen LogP) is 5.14. The molecule has 1 aromatic heterocycles. The largest absolute Gasteiger partial charge is 0.497 e. The number of alkyl halides is 3. The van der Waals surface area contributed by atoms with Crippen LogP contribution in [0.25, 0.3) is 0 Å². The first-order valence-electron chi connectivity index (χ1n) is 10.4. The average molecular weight is 509 g/mol. The lowest BCUT2D eigenvalue weighted by molar-refractivity contribution is -0.383. The molecule has 4 rings (SSSR count). The van der Waals surface area contributed by atoms with E-state index in [-0.39, 0.29) is 17.3 Å². The second-order valence-corrected chi connectivity index (χ2v) is 8.05. The highest BCUT2D eigenvalue weighted by Crippen LogP contribution is 2.38. The molecule has 0 aliphatic carbocycles. The second kappa shape index (κ2) is 9.82. The summed E-state index contributed by atoms with van der Waals surface area (Å²) in [5.74, 6) is 0.618. The van der Waals surface area contributed by atoms with Gasteiger partial charge in [0.15, 0.2) is 0 Å². The molecule has 0 atom stereocenters.